The number of ether oxygens (including phenoxy) is 2. The van der Waals surface area contributed by atoms with Gasteiger partial charge in [-0.1, -0.05) is 20.8 Å². The van der Waals surface area contributed by atoms with Crippen LogP contribution in [0.5, 0.6) is 0 Å². The summed E-state index contributed by atoms with van der Waals surface area (Å²) in [6.45, 7) is 5.17. The van der Waals surface area contributed by atoms with Crippen molar-refractivity contribution in [2.24, 2.45) is 0 Å². The summed E-state index contributed by atoms with van der Waals surface area (Å²) >= 11 is 0. The van der Waals surface area contributed by atoms with Gasteiger partial charge in [-0.05, 0) is 6.42 Å². The summed E-state index contributed by atoms with van der Waals surface area (Å²) in [4.78, 5) is 22.4. The topological polar surface area (TPSA) is 103 Å². The molecule has 0 aromatic carbocycles. The summed E-state index contributed by atoms with van der Waals surface area (Å²) in [5, 5.41) is 10.4. The van der Waals surface area contributed by atoms with Crippen molar-refractivity contribution in [1.82, 2.24) is 0 Å². The Bertz CT molecular complexity index is 299. The van der Waals surface area contributed by atoms with Crippen LogP contribution in [-0.4, -0.2) is 37.9 Å². The molecule has 9 heteroatoms. The Morgan fingerprint density at radius 1 is 1.05 bits per heavy atom. The van der Waals surface area contributed by atoms with E-state index >= 15 is 0 Å². The molecule has 0 aromatic heterocycles. The van der Waals surface area contributed by atoms with Crippen molar-refractivity contribution in [2.75, 3.05) is 19.8 Å². The Kier molecular flexibility index (Phi) is 12.4. The Labute approximate surface area is 125 Å². The predicted molar refractivity (Wildman–Crippen MR) is 71.6 cm³/mol. The summed E-state index contributed by atoms with van der Waals surface area (Å²) in [5.41, 5.74) is 0. The summed E-state index contributed by atoms with van der Waals surface area (Å²) in [6, 6.07) is 0. The third kappa shape index (κ3) is 10.6. The predicted octanol–water partition coefficient (Wildman–Crippen LogP) is 1.22. The van der Waals surface area contributed by atoms with Gasteiger partial charge in [0, 0.05) is 12.8 Å². The van der Waals surface area contributed by atoms with E-state index in [0.29, 0.717) is 13.0 Å². The van der Waals surface area contributed by atoms with E-state index in [4.69, 9.17) is 18.5 Å². The van der Waals surface area contributed by atoms with Crippen LogP contribution in [0.15, 0.2) is 0 Å². The first-order chi connectivity index (χ1) is 10.1. The monoisotopic (exact) mass is 325 g/mol. The van der Waals surface area contributed by atoms with Crippen molar-refractivity contribution >= 4 is 20.5 Å². The molecular formula is C12H22O8P-. The molecule has 8 nitrogen and oxygen atoms in total. The molecule has 0 fully saturated rings. The van der Waals surface area contributed by atoms with Crippen molar-refractivity contribution in [3.8, 4) is 0 Å². The van der Waals surface area contributed by atoms with Gasteiger partial charge in [0.25, 0.3) is 0 Å². The second kappa shape index (κ2) is 12.9. The van der Waals surface area contributed by atoms with Crippen molar-refractivity contribution in [2.45, 2.75) is 46.1 Å². The van der Waals surface area contributed by atoms with Gasteiger partial charge < -0.3 is 28.5 Å². The molecule has 0 N–H and O–H groups in total. The van der Waals surface area contributed by atoms with Crippen molar-refractivity contribution in [1.29, 1.82) is 0 Å². The molecule has 0 saturated heterocycles. The first kappa shape index (κ1) is 20.2. The molecule has 0 aliphatic carbocycles. The van der Waals surface area contributed by atoms with E-state index in [0.717, 1.165) is 0 Å². The fourth-order valence-corrected chi connectivity index (χ4v) is 1.84. The average molecular weight is 325 g/mol. The van der Waals surface area contributed by atoms with E-state index in [2.05, 4.69) is 4.67 Å². The van der Waals surface area contributed by atoms with Gasteiger partial charge in [0.15, 0.2) is 6.10 Å². The second-order valence-electron chi connectivity index (χ2n) is 3.93. The Hall–Kier alpha value is -0.790. The number of carbonyl (C=O) groups is 2. The van der Waals surface area contributed by atoms with Crippen LogP contribution in [0, 0.1) is 0 Å². The molecule has 2 atom stereocenters. The van der Waals surface area contributed by atoms with Gasteiger partial charge >= 0.3 is 20.5 Å². The molecule has 0 heterocycles. The summed E-state index contributed by atoms with van der Waals surface area (Å²) in [5.74, 6) is -0.880. The zero-order chi connectivity index (χ0) is 16.1. The first-order valence-electron chi connectivity index (χ1n) is 6.78. The maximum Gasteiger partial charge on any atom is 0.322 e. The van der Waals surface area contributed by atoms with Crippen molar-refractivity contribution in [3.63, 3.8) is 0 Å². The summed E-state index contributed by atoms with van der Waals surface area (Å²) < 4.78 is 23.9. The van der Waals surface area contributed by atoms with E-state index in [-0.39, 0.29) is 26.1 Å². The minimum Gasteiger partial charge on any atom is -0.716 e. The molecule has 0 aromatic rings. The lowest BCUT2D eigenvalue weighted by molar-refractivity contribution is -0.640. The molecule has 0 rings (SSSR count). The number of hydrogen-bond donors (Lipinski definition) is 0. The third-order valence-corrected chi connectivity index (χ3v) is 3.01. The Morgan fingerprint density at radius 2 is 1.71 bits per heavy atom. The number of hydrogen-bond acceptors (Lipinski definition) is 8. The molecule has 0 spiro atoms. The molecule has 124 valence electrons. The fourth-order valence-electron chi connectivity index (χ4n) is 1.06. The van der Waals surface area contributed by atoms with Crippen LogP contribution in [-0.2, 0) is 32.8 Å². The van der Waals surface area contributed by atoms with Gasteiger partial charge in [0.1, 0.15) is 6.61 Å². The van der Waals surface area contributed by atoms with Gasteiger partial charge in [-0.3, -0.25) is 9.59 Å². The smallest absolute Gasteiger partial charge is 0.322 e. The highest BCUT2D eigenvalue weighted by Crippen LogP contribution is 2.37. The van der Waals surface area contributed by atoms with E-state index in [1.807, 2.05) is 6.92 Å². The van der Waals surface area contributed by atoms with Gasteiger partial charge in [0.05, 0.1) is 13.2 Å². The first-order valence-corrected chi connectivity index (χ1v) is 7.87. The largest absolute Gasteiger partial charge is 0.716 e. The maximum atomic E-state index is 11.3. The maximum absolute atomic E-state index is 11.3. The van der Waals surface area contributed by atoms with E-state index < -0.39 is 26.6 Å². The second-order valence-corrected chi connectivity index (χ2v) is 5.04. The van der Waals surface area contributed by atoms with Crippen LogP contribution in [0.1, 0.15) is 40.0 Å². The molecular weight excluding hydrogens is 303 g/mol. The number of carbonyl (C=O) groups excluding carboxylic acids is 2. The SMILES string of the molecule is CCCOP(O[O-])OCC(COC(=O)CC)OC(=O)CC. The van der Waals surface area contributed by atoms with Gasteiger partial charge in [-0.15, -0.1) is 0 Å². The van der Waals surface area contributed by atoms with Crippen LogP contribution in [0.3, 0.4) is 0 Å². The zero-order valence-electron chi connectivity index (χ0n) is 12.5. The lowest BCUT2D eigenvalue weighted by Crippen LogP contribution is -2.29. The minimum atomic E-state index is -2.04. The van der Waals surface area contributed by atoms with Crippen molar-refractivity contribution < 1.29 is 38.0 Å². The molecule has 2 unspecified atom stereocenters. The lowest BCUT2D eigenvalue weighted by Gasteiger charge is -2.22. The normalized spacial score (nSPS) is 13.5. The number of esters is 2. The Balaban J connectivity index is 4.29. The van der Waals surface area contributed by atoms with Crippen molar-refractivity contribution in [3.05, 3.63) is 0 Å². The fraction of sp³-hybridized carbons (Fsp3) is 0.833. The average Bonchev–Trinajstić information content (AvgIpc) is 2.51. The summed E-state index contributed by atoms with van der Waals surface area (Å²) in [6.07, 6.45) is 0.287. The van der Waals surface area contributed by atoms with Gasteiger partial charge in [-0.25, -0.2) is 0 Å². The third-order valence-electron chi connectivity index (χ3n) is 2.13. The zero-order valence-corrected chi connectivity index (χ0v) is 13.4. The molecule has 21 heavy (non-hydrogen) atoms. The van der Waals surface area contributed by atoms with Crippen LogP contribution >= 0.6 is 8.60 Å². The van der Waals surface area contributed by atoms with E-state index in [1.165, 1.54) is 0 Å². The van der Waals surface area contributed by atoms with Gasteiger partial charge in [0.2, 0.25) is 0 Å². The lowest BCUT2D eigenvalue weighted by atomic mass is 10.4. The highest BCUT2D eigenvalue weighted by Gasteiger charge is 2.19. The van der Waals surface area contributed by atoms with Crippen LogP contribution < -0.4 is 5.26 Å². The number of rotatable bonds is 12. The van der Waals surface area contributed by atoms with E-state index in [1.54, 1.807) is 13.8 Å². The van der Waals surface area contributed by atoms with Crippen LogP contribution in [0.25, 0.3) is 0 Å². The quantitative estimate of drug-likeness (QED) is 0.228. The molecule has 0 amide bonds. The molecule has 0 aliphatic rings. The van der Waals surface area contributed by atoms with Crippen LogP contribution in [0.2, 0.25) is 0 Å². The Morgan fingerprint density at radius 3 is 2.24 bits per heavy atom. The highest BCUT2D eigenvalue weighted by molar-refractivity contribution is 7.41. The molecule has 0 radical (unpaired) electrons. The highest BCUT2D eigenvalue weighted by atomic mass is 31.2. The molecule has 0 saturated carbocycles. The van der Waals surface area contributed by atoms with Gasteiger partial charge in [-0.2, -0.15) is 0 Å². The van der Waals surface area contributed by atoms with E-state index in [9.17, 15) is 14.8 Å². The van der Waals surface area contributed by atoms with Crippen LogP contribution in [0.4, 0.5) is 0 Å². The minimum absolute atomic E-state index is 0.145. The standard InChI is InChI=1S/C12H23O8P/c1-4-7-17-21(20-15)18-9-10(19-12(14)6-3)8-16-11(13)5-2/h10,15H,4-9H2,1-3H3/p-1. The molecule has 0 bridgehead atoms. The summed E-state index contributed by atoms with van der Waals surface area (Å²) in [7, 11) is -2.04. The molecule has 0 aliphatic heterocycles.